The van der Waals surface area contributed by atoms with Crippen molar-refractivity contribution < 1.29 is 4.79 Å². The fourth-order valence-corrected chi connectivity index (χ4v) is 3.00. The van der Waals surface area contributed by atoms with Crippen molar-refractivity contribution in [1.82, 2.24) is 25.2 Å². The van der Waals surface area contributed by atoms with Crippen LogP contribution in [0.2, 0.25) is 0 Å². The van der Waals surface area contributed by atoms with Crippen molar-refractivity contribution in [2.75, 3.05) is 13.1 Å². The molecule has 126 valence electrons. The Morgan fingerprint density at radius 3 is 2.88 bits per heavy atom. The number of carbonyl (C=O) groups excluding carboxylic acids is 1. The standard InChI is InChI=1S/C18H23N5O/c1-14-11-22-17(12-21-14)18(24)23(13-15-5-2-3-9-20-15)16-6-4-8-19-10-7-16/h2-3,5,9,11-12,16,19H,4,6-8,10,13H2,1H3/t16-/m1/s1. The lowest BCUT2D eigenvalue weighted by Gasteiger charge is -2.30. The summed E-state index contributed by atoms with van der Waals surface area (Å²) in [5, 5.41) is 3.40. The fourth-order valence-electron chi connectivity index (χ4n) is 3.00. The Balaban J connectivity index is 1.85. The Bertz CT molecular complexity index is 651. The molecule has 6 nitrogen and oxygen atoms in total. The van der Waals surface area contributed by atoms with Gasteiger partial charge in [0.05, 0.1) is 24.1 Å². The predicted octanol–water partition coefficient (Wildman–Crippen LogP) is 1.96. The molecule has 3 rings (SSSR count). The molecule has 0 aliphatic carbocycles. The fraction of sp³-hybridized carbons (Fsp3) is 0.444. The monoisotopic (exact) mass is 325 g/mol. The summed E-state index contributed by atoms with van der Waals surface area (Å²) >= 11 is 0. The van der Waals surface area contributed by atoms with E-state index in [1.165, 1.54) is 0 Å². The maximum absolute atomic E-state index is 13.0. The number of hydrogen-bond donors (Lipinski definition) is 1. The smallest absolute Gasteiger partial charge is 0.274 e. The third-order valence-electron chi connectivity index (χ3n) is 4.31. The second-order valence-corrected chi connectivity index (χ2v) is 6.13. The average molecular weight is 325 g/mol. The average Bonchev–Trinajstić information content (AvgIpc) is 2.90. The van der Waals surface area contributed by atoms with Gasteiger partial charge in [0.25, 0.3) is 5.91 Å². The summed E-state index contributed by atoms with van der Waals surface area (Å²) in [6.45, 7) is 4.30. The first kappa shape index (κ1) is 16.5. The molecule has 6 heteroatoms. The molecule has 0 bridgehead atoms. The van der Waals surface area contributed by atoms with Crippen LogP contribution in [0.3, 0.4) is 0 Å². The van der Waals surface area contributed by atoms with Gasteiger partial charge >= 0.3 is 0 Å². The summed E-state index contributed by atoms with van der Waals surface area (Å²) in [6.07, 6.45) is 7.97. The molecule has 1 aliphatic rings. The zero-order chi connectivity index (χ0) is 16.8. The van der Waals surface area contributed by atoms with Crippen LogP contribution < -0.4 is 5.32 Å². The van der Waals surface area contributed by atoms with Gasteiger partial charge in [0, 0.05) is 18.4 Å². The molecule has 1 fully saturated rings. The highest BCUT2D eigenvalue weighted by Crippen LogP contribution is 2.18. The number of pyridine rings is 1. The van der Waals surface area contributed by atoms with Gasteiger partial charge in [-0.05, 0) is 51.4 Å². The van der Waals surface area contributed by atoms with Crippen molar-refractivity contribution in [2.24, 2.45) is 0 Å². The molecule has 0 saturated carbocycles. The van der Waals surface area contributed by atoms with Gasteiger partial charge in [-0.3, -0.25) is 14.8 Å². The summed E-state index contributed by atoms with van der Waals surface area (Å²) < 4.78 is 0. The number of aryl methyl sites for hydroxylation is 1. The molecular weight excluding hydrogens is 302 g/mol. The number of rotatable bonds is 4. The molecule has 1 aliphatic heterocycles. The third kappa shape index (κ3) is 4.14. The Hall–Kier alpha value is -2.34. The van der Waals surface area contributed by atoms with Crippen LogP contribution in [-0.4, -0.2) is 44.9 Å². The minimum Gasteiger partial charge on any atom is -0.328 e. The van der Waals surface area contributed by atoms with Crippen LogP contribution in [0.5, 0.6) is 0 Å². The molecule has 3 heterocycles. The lowest BCUT2D eigenvalue weighted by atomic mass is 10.1. The third-order valence-corrected chi connectivity index (χ3v) is 4.31. The van der Waals surface area contributed by atoms with Gasteiger partial charge in [0.1, 0.15) is 5.69 Å². The summed E-state index contributed by atoms with van der Waals surface area (Å²) in [4.78, 5) is 27.8. The molecule has 24 heavy (non-hydrogen) atoms. The lowest BCUT2D eigenvalue weighted by Crippen LogP contribution is -2.41. The topological polar surface area (TPSA) is 71.0 Å². The van der Waals surface area contributed by atoms with Gasteiger partial charge in [0.15, 0.2) is 0 Å². The zero-order valence-corrected chi connectivity index (χ0v) is 14.0. The van der Waals surface area contributed by atoms with E-state index in [-0.39, 0.29) is 11.9 Å². The molecular formula is C18H23N5O. The Labute approximate surface area is 142 Å². The van der Waals surface area contributed by atoms with E-state index in [0.717, 1.165) is 43.7 Å². The molecule has 0 radical (unpaired) electrons. The molecule has 0 aromatic carbocycles. The zero-order valence-electron chi connectivity index (χ0n) is 14.0. The second kappa shape index (κ2) is 7.97. The number of nitrogens with zero attached hydrogens (tertiary/aromatic N) is 4. The van der Waals surface area contributed by atoms with E-state index in [1.54, 1.807) is 18.6 Å². The Kier molecular flexibility index (Phi) is 5.48. The van der Waals surface area contributed by atoms with E-state index in [4.69, 9.17) is 0 Å². The summed E-state index contributed by atoms with van der Waals surface area (Å²) in [5.74, 6) is -0.0694. The molecule has 1 N–H and O–H groups in total. The number of hydrogen-bond acceptors (Lipinski definition) is 5. The molecule has 0 unspecified atom stereocenters. The van der Waals surface area contributed by atoms with Crippen LogP contribution in [0.25, 0.3) is 0 Å². The first-order valence-corrected chi connectivity index (χ1v) is 8.44. The van der Waals surface area contributed by atoms with Crippen LogP contribution in [0.15, 0.2) is 36.8 Å². The lowest BCUT2D eigenvalue weighted by molar-refractivity contribution is 0.0635. The van der Waals surface area contributed by atoms with Crippen LogP contribution in [0.4, 0.5) is 0 Å². The minimum atomic E-state index is -0.0694. The summed E-state index contributed by atoms with van der Waals surface area (Å²) in [7, 11) is 0. The van der Waals surface area contributed by atoms with Crippen molar-refractivity contribution >= 4 is 5.91 Å². The van der Waals surface area contributed by atoms with E-state index in [1.807, 2.05) is 30.0 Å². The highest BCUT2D eigenvalue weighted by Gasteiger charge is 2.27. The van der Waals surface area contributed by atoms with Gasteiger partial charge in [-0.15, -0.1) is 0 Å². The number of amides is 1. The Morgan fingerprint density at radius 2 is 2.12 bits per heavy atom. The molecule has 1 saturated heterocycles. The van der Waals surface area contributed by atoms with Gasteiger partial charge in [-0.1, -0.05) is 6.07 Å². The van der Waals surface area contributed by atoms with Gasteiger partial charge < -0.3 is 10.2 Å². The van der Waals surface area contributed by atoms with Gasteiger partial charge in [0.2, 0.25) is 0 Å². The van der Waals surface area contributed by atoms with Crippen LogP contribution in [0.1, 0.15) is 41.1 Å². The van der Waals surface area contributed by atoms with E-state index < -0.39 is 0 Å². The van der Waals surface area contributed by atoms with Crippen molar-refractivity contribution in [3.05, 3.63) is 53.9 Å². The number of nitrogens with one attached hydrogen (secondary N) is 1. The Morgan fingerprint density at radius 1 is 1.21 bits per heavy atom. The van der Waals surface area contributed by atoms with Crippen molar-refractivity contribution in [2.45, 2.75) is 38.8 Å². The number of aromatic nitrogens is 3. The van der Waals surface area contributed by atoms with Crippen molar-refractivity contribution in [3.8, 4) is 0 Å². The van der Waals surface area contributed by atoms with Crippen molar-refractivity contribution in [3.63, 3.8) is 0 Å². The second-order valence-electron chi connectivity index (χ2n) is 6.13. The van der Waals surface area contributed by atoms with Crippen LogP contribution in [0, 0.1) is 6.92 Å². The quantitative estimate of drug-likeness (QED) is 0.930. The normalized spacial score (nSPS) is 18.0. The maximum atomic E-state index is 13.0. The molecule has 1 amide bonds. The van der Waals surface area contributed by atoms with Crippen molar-refractivity contribution in [1.29, 1.82) is 0 Å². The van der Waals surface area contributed by atoms with E-state index >= 15 is 0 Å². The van der Waals surface area contributed by atoms with E-state index in [0.29, 0.717) is 12.2 Å². The highest BCUT2D eigenvalue weighted by molar-refractivity contribution is 5.92. The number of carbonyl (C=O) groups is 1. The highest BCUT2D eigenvalue weighted by atomic mass is 16.2. The van der Waals surface area contributed by atoms with Crippen LogP contribution >= 0.6 is 0 Å². The first-order chi connectivity index (χ1) is 11.7. The molecule has 2 aromatic rings. The maximum Gasteiger partial charge on any atom is 0.274 e. The molecule has 0 spiro atoms. The minimum absolute atomic E-state index is 0.0694. The van der Waals surface area contributed by atoms with Gasteiger partial charge in [-0.2, -0.15) is 0 Å². The first-order valence-electron chi connectivity index (χ1n) is 8.44. The predicted molar refractivity (Wildman–Crippen MR) is 91.4 cm³/mol. The molecule has 1 atom stereocenters. The SMILES string of the molecule is Cc1cnc(C(=O)N(Cc2ccccn2)[C@@H]2CCCNCC2)cn1. The largest absolute Gasteiger partial charge is 0.328 e. The summed E-state index contributed by atoms with van der Waals surface area (Å²) in [5.41, 5.74) is 2.10. The molecule has 2 aromatic heterocycles. The van der Waals surface area contributed by atoms with Crippen LogP contribution in [-0.2, 0) is 6.54 Å². The van der Waals surface area contributed by atoms with Gasteiger partial charge in [-0.25, -0.2) is 4.98 Å². The van der Waals surface area contributed by atoms with E-state index in [9.17, 15) is 4.79 Å². The summed E-state index contributed by atoms with van der Waals surface area (Å²) in [6, 6.07) is 5.98. The van der Waals surface area contributed by atoms with E-state index in [2.05, 4.69) is 20.3 Å².